The van der Waals surface area contributed by atoms with E-state index in [1.807, 2.05) is 30.3 Å². The fourth-order valence-electron chi connectivity index (χ4n) is 1.85. The molecule has 0 saturated carbocycles. The van der Waals surface area contributed by atoms with E-state index in [1.165, 1.54) is 4.68 Å². The van der Waals surface area contributed by atoms with Gasteiger partial charge in [-0.1, -0.05) is 43.7 Å². The number of hydrogen-bond acceptors (Lipinski definition) is 3. The lowest BCUT2D eigenvalue weighted by Crippen LogP contribution is -2.24. The second kappa shape index (κ2) is 7.24. The minimum absolute atomic E-state index is 0.0866. The van der Waals surface area contributed by atoms with Crippen LogP contribution in [-0.2, 0) is 13.1 Å². The van der Waals surface area contributed by atoms with Crippen molar-refractivity contribution in [2.24, 2.45) is 0 Å². The lowest BCUT2D eigenvalue weighted by molar-refractivity contribution is 0.541. The second-order valence-corrected chi connectivity index (χ2v) is 5.39. The Hall–Kier alpha value is -1.62. The standard InChI is InChI=1S/C15H18BrN3O/c1-2-3-9-19-15(20)14(16)13(11-18-19)17-10-12-7-5-4-6-8-12/h4-8,11,17H,2-3,9-10H2,1H3. The quantitative estimate of drug-likeness (QED) is 0.879. The zero-order chi connectivity index (χ0) is 14.4. The molecule has 0 saturated heterocycles. The number of nitrogens with one attached hydrogen (secondary N) is 1. The summed E-state index contributed by atoms with van der Waals surface area (Å²) in [5.41, 5.74) is 1.80. The molecule has 2 rings (SSSR count). The molecule has 20 heavy (non-hydrogen) atoms. The van der Waals surface area contributed by atoms with Crippen LogP contribution in [0, 0.1) is 0 Å². The van der Waals surface area contributed by atoms with E-state index < -0.39 is 0 Å². The Bertz CT molecular complexity index is 610. The Labute approximate surface area is 127 Å². The second-order valence-electron chi connectivity index (χ2n) is 4.59. The maximum Gasteiger partial charge on any atom is 0.283 e. The lowest BCUT2D eigenvalue weighted by Gasteiger charge is -2.10. The summed E-state index contributed by atoms with van der Waals surface area (Å²) < 4.78 is 2.04. The smallest absolute Gasteiger partial charge is 0.283 e. The summed E-state index contributed by atoms with van der Waals surface area (Å²) in [7, 11) is 0. The maximum absolute atomic E-state index is 12.1. The van der Waals surface area contributed by atoms with Crippen molar-refractivity contribution in [3.8, 4) is 0 Å². The van der Waals surface area contributed by atoms with Crippen LogP contribution in [0.5, 0.6) is 0 Å². The van der Waals surface area contributed by atoms with Gasteiger partial charge in [0.05, 0.1) is 11.9 Å². The first kappa shape index (κ1) is 14.8. The first-order chi connectivity index (χ1) is 9.72. The number of anilines is 1. The highest BCUT2D eigenvalue weighted by atomic mass is 79.9. The SMILES string of the molecule is CCCCn1ncc(NCc2ccccc2)c(Br)c1=O. The van der Waals surface area contributed by atoms with Crippen molar-refractivity contribution in [1.29, 1.82) is 0 Å². The van der Waals surface area contributed by atoms with E-state index in [0.717, 1.165) is 24.1 Å². The predicted octanol–water partition coefficient (Wildman–Crippen LogP) is 3.42. The minimum atomic E-state index is -0.0866. The zero-order valence-electron chi connectivity index (χ0n) is 11.5. The van der Waals surface area contributed by atoms with Gasteiger partial charge in [-0.2, -0.15) is 5.10 Å². The molecule has 1 N–H and O–H groups in total. The normalized spacial score (nSPS) is 10.5. The Kier molecular flexibility index (Phi) is 5.35. The third-order valence-electron chi connectivity index (χ3n) is 3.03. The van der Waals surface area contributed by atoms with E-state index >= 15 is 0 Å². The van der Waals surface area contributed by atoms with Gasteiger partial charge < -0.3 is 5.32 Å². The van der Waals surface area contributed by atoms with Gasteiger partial charge in [0.2, 0.25) is 0 Å². The van der Waals surface area contributed by atoms with Crippen molar-refractivity contribution >= 4 is 21.6 Å². The predicted molar refractivity (Wildman–Crippen MR) is 84.9 cm³/mol. The van der Waals surface area contributed by atoms with Crippen molar-refractivity contribution in [3.63, 3.8) is 0 Å². The molecule has 0 aliphatic heterocycles. The largest absolute Gasteiger partial charge is 0.379 e. The summed E-state index contributed by atoms with van der Waals surface area (Å²) >= 11 is 3.36. The molecule has 1 heterocycles. The molecule has 0 fully saturated rings. The number of nitrogens with zero attached hydrogens (tertiary/aromatic N) is 2. The lowest BCUT2D eigenvalue weighted by atomic mass is 10.2. The van der Waals surface area contributed by atoms with Crippen molar-refractivity contribution in [3.05, 3.63) is 56.9 Å². The first-order valence-electron chi connectivity index (χ1n) is 6.75. The highest BCUT2D eigenvalue weighted by Crippen LogP contribution is 2.17. The van der Waals surface area contributed by atoms with Crippen LogP contribution < -0.4 is 10.9 Å². The van der Waals surface area contributed by atoms with Crippen molar-refractivity contribution in [1.82, 2.24) is 9.78 Å². The minimum Gasteiger partial charge on any atom is -0.379 e. The van der Waals surface area contributed by atoms with Crippen LogP contribution in [0.2, 0.25) is 0 Å². The van der Waals surface area contributed by atoms with E-state index in [2.05, 4.69) is 33.3 Å². The number of aromatic nitrogens is 2. The van der Waals surface area contributed by atoms with E-state index in [4.69, 9.17) is 0 Å². The molecule has 0 amide bonds. The van der Waals surface area contributed by atoms with Gasteiger partial charge in [-0.05, 0) is 27.9 Å². The number of rotatable bonds is 6. The number of hydrogen-bond donors (Lipinski definition) is 1. The average molecular weight is 336 g/mol. The molecule has 106 valence electrons. The molecule has 0 atom stereocenters. The zero-order valence-corrected chi connectivity index (χ0v) is 13.1. The Morgan fingerprint density at radius 2 is 2.05 bits per heavy atom. The first-order valence-corrected chi connectivity index (χ1v) is 7.55. The molecule has 1 aromatic heterocycles. The van der Waals surface area contributed by atoms with Crippen molar-refractivity contribution in [2.45, 2.75) is 32.9 Å². The summed E-state index contributed by atoms with van der Waals surface area (Å²) in [5.74, 6) is 0. The van der Waals surface area contributed by atoms with Gasteiger partial charge >= 0.3 is 0 Å². The summed E-state index contributed by atoms with van der Waals surface area (Å²) in [4.78, 5) is 12.1. The van der Waals surface area contributed by atoms with Crippen molar-refractivity contribution in [2.75, 3.05) is 5.32 Å². The highest BCUT2D eigenvalue weighted by Gasteiger charge is 2.08. The molecule has 2 aromatic rings. The average Bonchev–Trinajstić information content (AvgIpc) is 2.49. The molecule has 0 aliphatic rings. The molecule has 0 radical (unpaired) electrons. The summed E-state index contributed by atoms with van der Waals surface area (Å²) in [5, 5.41) is 7.43. The molecule has 0 spiro atoms. The topological polar surface area (TPSA) is 46.9 Å². The summed E-state index contributed by atoms with van der Waals surface area (Å²) in [6, 6.07) is 10.0. The molecule has 0 aliphatic carbocycles. The molecule has 0 bridgehead atoms. The number of aryl methyl sites for hydroxylation is 1. The van der Waals surface area contributed by atoms with Crippen LogP contribution in [0.1, 0.15) is 25.3 Å². The fourth-order valence-corrected chi connectivity index (χ4v) is 2.30. The van der Waals surface area contributed by atoms with Gasteiger partial charge in [-0.25, -0.2) is 4.68 Å². The molecular formula is C15H18BrN3O. The molecule has 1 aromatic carbocycles. The van der Waals surface area contributed by atoms with Crippen LogP contribution in [0.3, 0.4) is 0 Å². The fraction of sp³-hybridized carbons (Fsp3) is 0.333. The van der Waals surface area contributed by atoms with Gasteiger partial charge in [-0.3, -0.25) is 4.79 Å². The summed E-state index contributed by atoms with van der Waals surface area (Å²) in [6.07, 6.45) is 3.69. The third-order valence-corrected chi connectivity index (χ3v) is 3.80. The number of halogens is 1. The van der Waals surface area contributed by atoms with E-state index in [0.29, 0.717) is 17.6 Å². The van der Waals surface area contributed by atoms with Crippen LogP contribution >= 0.6 is 15.9 Å². The van der Waals surface area contributed by atoms with Gasteiger partial charge in [-0.15, -0.1) is 0 Å². The third kappa shape index (κ3) is 3.70. The monoisotopic (exact) mass is 335 g/mol. The van der Waals surface area contributed by atoms with Gasteiger partial charge in [0, 0.05) is 13.1 Å². The Morgan fingerprint density at radius 1 is 1.30 bits per heavy atom. The highest BCUT2D eigenvalue weighted by molar-refractivity contribution is 9.10. The van der Waals surface area contributed by atoms with Crippen LogP contribution in [0.4, 0.5) is 5.69 Å². The molecule has 0 unspecified atom stereocenters. The van der Waals surface area contributed by atoms with Gasteiger partial charge in [0.15, 0.2) is 0 Å². The van der Waals surface area contributed by atoms with Crippen LogP contribution in [0.25, 0.3) is 0 Å². The van der Waals surface area contributed by atoms with E-state index in [-0.39, 0.29) is 5.56 Å². The van der Waals surface area contributed by atoms with Gasteiger partial charge in [0.1, 0.15) is 4.47 Å². The van der Waals surface area contributed by atoms with E-state index in [1.54, 1.807) is 6.20 Å². The van der Waals surface area contributed by atoms with E-state index in [9.17, 15) is 4.79 Å². The maximum atomic E-state index is 12.1. The Balaban J connectivity index is 2.09. The van der Waals surface area contributed by atoms with Gasteiger partial charge in [0.25, 0.3) is 5.56 Å². The van der Waals surface area contributed by atoms with Crippen molar-refractivity contribution < 1.29 is 0 Å². The van der Waals surface area contributed by atoms with Crippen LogP contribution in [0.15, 0.2) is 45.8 Å². The number of unbranched alkanes of at least 4 members (excludes halogenated alkanes) is 1. The Morgan fingerprint density at radius 3 is 2.75 bits per heavy atom. The number of benzene rings is 1. The molecule has 4 nitrogen and oxygen atoms in total. The molecule has 5 heteroatoms. The van der Waals surface area contributed by atoms with Crippen LogP contribution in [-0.4, -0.2) is 9.78 Å². The summed E-state index contributed by atoms with van der Waals surface area (Å²) in [6.45, 7) is 3.42. The molecular weight excluding hydrogens is 318 g/mol.